The van der Waals surface area contributed by atoms with Crippen LogP contribution in [0.2, 0.25) is 0 Å². The van der Waals surface area contributed by atoms with Gasteiger partial charge in [0.1, 0.15) is 0 Å². The lowest BCUT2D eigenvalue weighted by Crippen LogP contribution is -2.04. The van der Waals surface area contributed by atoms with Crippen molar-refractivity contribution in [2.24, 2.45) is 0 Å². The Morgan fingerprint density at radius 1 is 0.561 bits per heavy atom. The molecule has 11 aromatic rings. The molecule has 0 atom stereocenters. The molecule has 0 fully saturated rings. The average Bonchev–Trinajstić information content (AvgIpc) is 3.81. The Morgan fingerprint density at radius 3 is 2.11 bits per heavy atom. The highest BCUT2D eigenvalue weighted by Gasteiger charge is 2.22. The van der Waals surface area contributed by atoms with E-state index < -0.39 is 0 Å². The molecule has 0 bridgehead atoms. The summed E-state index contributed by atoms with van der Waals surface area (Å²) in [5.74, 6) is 0.630. The third kappa shape index (κ3) is 5.26. The summed E-state index contributed by atoms with van der Waals surface area (Å²) in [5.41, 5.74) is 11.8. The Balaban J connectivity index is 1.18. The number of para-hydroxylation sites is 2. The Bertz CT molecular complexity index is 3430. The maximum absolute atomic E-state index is 5.51. The summed E-state index contributed by atoms with van der Waals surface area (Å²) in [6, 6.07) is 58.9. The molecule has 0 unspecified atom stereocenters. The highest BCUT2D eigenvalue weighted by molar-refractivity contribution is 7.25. The predicted octanol–water partition coefficient (Wildman–Crippen LogP) is 14.9. The van der Waals surface area contributed by atoms with Crippen LogP contribution in [0.4, 0.5) is 0 Å². The highest BCUT2D eigenvalue weighted by Crippen LogP contribution is 2.43. The average molecular weight is 746 g/mol. The summed E-state index contributed by atoms with van der Waals surface area (Å²) < 4.78 is 4.86. The van der Waals surface area contributed by atoms with E-state index in [1.54, 1.807) is 0 Å². The minimum Gasteiger partial charge on any atom is -0.277 e. The maximum Gasteiger partial charge on any atom is 0.235 e. The zero-order valence-corrected chi connectivity index (χ0v) is 32.1. The lowest BCUT2D eigenvalue weighted by atomic mass is 9.96. The van der Waals surface area contributed by atoms with E-state index in [0.29, 0.717) is 5.95 Å². The molecule has 3 nitrogen and oxygen atoms in total. The summed E-state index contributed by atoms with van der Waals surface area (Å²) >= 11 is 1.84. The van der Waals surface area contributed by atoms with Crippen LogP contribution in [0.1, 0.15) is 18.1 Å². The molecule has 3 aromatic heterocycles. The van der Waals surface area contributed by atoms with Crippen LogP contribution in [0.15, 0.2) is 176 Å². The lowest BCUT2D eigenvalue weighted by molar-refractivity contribution is 1.01. The van der Waals surface area contributed by atoms with Gasteiger partial charge in [0.15, 0.2) is 0 Å². The molecule has 0 aliphatic heterocycles. The molecule has 0 radical (unpaired) electrons. The third-order valence-electron chi connectivity index (χ3n) is 11.3. The van der Waals surface area contributed by atoms with E-state index in [9.17, 15) is 0 Å². The first kappa shape index (κ1) is 33.2. The molecule has 0 saturated carbocycles. The van der Waals surface area contributed by atoms with Gasteiger partial charge < -0.3 is 0 Å². The Morgan fingerprint density at radius 2 is 1.25 bits per heavy atom. The third-order valence-corrected chi connectivity index (χ3v) is 12.5. The van der Waals surface area contributed by atoms with Gasteiger partial charge in [-0.15, -0.1) is 11.3 Å². The van der Waals surface area contributed by atoms with E-state index in [1.807, 2.05) is 17.4 Å². The molecule has 268 valence electrons. The molecule has 0 spiro atoms. The van der Waals surface area contributed by atoms with Gasteiger partial charge >= 0.3 is 0 Å². The molecule has 57 heavy (non-hydrogen) atoms. The van der Waals surface area contributed by atoms with Crippen molar-refractivity contribution in [2.75, 3.05) is 0 Å². The molecule has 3 heterocycles. The van der Waals surface area contributed by atoms with Gasteiger partial charge in [-0.1, -0.05) is 158 Å². The van der Waals surface area contributed by atoms with Gasteiger partial charge in [-0.25, -0.2) is 9.97 Å². The van der Waals surface area contributed by atoms with Crippen LogP contribution in [0.5, 0.6) is 0 Å². The lowest BCUT2D eigenvalue weighted by Gasteiger charge is -2.14. The van der Waals surface area contributed by atoms with Gasteiger partial charge in [0.2, 0.25) is 5.95 Å². The van der Waals surface area contributed by atoms with Gasteiger partial charge in [-0.2, -0.15) is 0 Å². The Kier molecular flexibility index (Phi) is 7.73. The van der Waals surface area contributed by atoms with Crippen molar-refractivity contribution in [3.63, 3.8) is 0 Å². The number of hydrogen-bond acceptors (Lipinski definition) is 3. The van der Waals surface area contributed by atoms with Crippen molar-refractivity contribution in [2.45, 2.75) is 6.92 Å². The number of rotatable bonds is 6. The van der Waals surface area contributed by atoms with E-state index in [2.05, 4.69) is 194 Å². The van der Waals surface area contributed by atoms with Crippen LogP contribution >= 0.6 is 11.3 Å². The smallest absolute Gasteiger partial charge is 0.235 e. The SMILES string of the molecule is C=Cc1c(/C=C\C)ccc2c1c1cccc(-c3ccc4sc5ccccc5c4c3)c1n2-c1nc(-c2ccc(-c3cccc4ccccc34)cc2)c2ccccc2n1. The Hall–Kier alpha value is -7.14. The van der Waals surface area contributed by atoms with Crippen LogP contribution in [-0.4, -0.2) is 14.5 Å². The molecule has 0 aliphatic carbocycles. The molecule has 8 aromatic carbocycles. The van der Waals surface area contributed by atoms with Crippen molar-refractivity contribution >= 4 is 87.1 Å². The van der Waals surface area contributed by atoms with Crippen LogP contribution in [0.3, 0.4) is 0 Å². The number of benzene rings is 8. The fourth-order valence-electron chi connectivity index (χ4n) is 8.75. The van der Waals surface area contributed by atoms with E-state index >= 15 is 0 Å². The first-order chi connectivity index (χ1) is 28.2. The summed E-state index contributed by atoms with van der Waals surface area (Å²) in [6.07, 6.45) is 6.23. The Labute approximate surface area is 334 Å². The van der Waals surface area contributed by atoms with E-state index in [4.69, 9.17) is 9.97 Å². The topological polar surface area (TPSA) is 30.7 Å². The molecule has 0 saturated heterocycles. The second kappa shape index (κ2) is 13.3. The van der Waals surface area contributed by atoms with Gasteiger partial charge in [0.05, 0.1) is 22.2 Å². The monoisotopic (exact) mass is 745 g/mol. The maximum atomic E-state index is 5.51. The molecule has 0 amide bonds. The van der Waals surface area contributed by atoms with Crippen molar-refractivity contribution in [1.29, 1.82) is 0 Å². The van der Waals surface area contributed by atoms with E-state index in [-0.39, 0.29) is 0 Å². The van der Waals surface area contributed by atoms with Crippen molar-refractivity contribution in [3.8, 4) is 39.5 Å². The summed E-state index contributed by atoms with van der Waals surface area (Å²) in [4.78, 5) is 10.9. The van der Waals surface area contributed by atoms with E-state index in [1.165, 1.54) is 42.1 Å². The molecule has 11 rings (SSSR count). The van der Waals surface area contributed by atoms with E-state index in [0.717, 1.165) is 66.2 Å². The van der Waals surface area contributed by atoms with Crippen LogP contribution in [0, 0.1) is 0 Å². The second-order valence-corrected chi connectivity index (χ2v) is 15.6. The molecule has 4 heteroatoms. The number of fused-ring (bicyclic) bond motifs is 8. The number of aromatic nitrogens is 3. The first-order valence-corrected chi connectivity index (χ1v) is 20.1. The van der Waals surface area contributed by atoms with Crippen LogP contribution in [0.25, 0.3) is 115 Å². The quantitative estimate of drug-likeness (QED) is 0.170. The summed E-state index contributed by atoms with van der Waals surface area (Å²) in [7, 11) is 0. The minimum absolute atomic E-state index is 0.630. The van der Waals surface area contributed by atoms with Crippen molar-refractivity contribution in [1.82, 2.24) is 14.5 Å². The molecule has 0 N–H and O–H groups in total. The number of thiophene rings is 1. The fraction of sp³-hybridized carbons (Fsp3) is 0.0189. The summed E-state index contributed by atoms with van der Waals surface area (Å²) in [5, 5.41) is 8.31. The van der Waals surface area contributed by atoms with Crippen molar-refractivity contribution < 1.29 is 0 Å². The normalized spacial score (nSPS) is 11.9. The van der Waals surface area contributed by atoms with Gasteiger partial charge in [-0.3, -0.25) is 4.57 Å². The minimum atomic E-state index is 0.630. The standard InChI is InChI=1S/C53H35N3S/c1-3-13-33-28-30-47-50(38(33)4-2)44-21-12-20-41(37-29-31-49-45(32-37)42-17-8-10-23-48(42)57-49)52(44)56(47)53-54-46-22-9-7-18-43(46)51(55-53)36-26-24-35(25-27-36)40-19-11-15-34-14-5-6-16-39(34)40/h3-32H,2H2,1H3/b13-3-. The number of hydrogen-bond donors (Lipinski definition) is 0. The van der Waals surface area contributed by atoms with Crippen LogP contribution in [-0.2, 0) is 0 Å². The van der Waals surface area contributed by atoms with Crippen LogP contribution < -0.4 is 0 Å². The molecule has 0 aliphatic rings. The van der Waals surface area contributed by atoms with Gasteiger partial charge in [-0.05, 0) is 75.8 Å². The highest BCUT2D eigenvalue weighted by atomic mass is 32.1. The number of allylic oxidation sites excluding steroid dienone is 1. The molecular weight excluding hydrogens is 711 g/mol. The fourth-order valence-corrected chi connectivity index (χ4v) is 9.83. The number of nitrogens with zero attached hydrogens (tertiary/aromatic N) is 3. The largest absolute Gasteiger partial charge is 0.277 e. The van der Waals surface area contributed by atoms with Gasteiger partial charge in [0, 0.05) is 47.5 Å². The summed E-state index contributed by atoms with van der Waals surface area (Å²) in [6.45, 7) is 6.37. The second-order valence-electron chi connectivity index (χ2n) is 14.5. The zero-order chi connectivity index (χ0) is 38.0. The zero-order valence-electron chi connectivity index (χ0n) is 31.3. The first-order valence-electron chi connectivity index (χ1n) is 19.3. The van der Waals surface area contributed by atoms with Gasteiger partial charge in [0.25, 0.3) is 0 Å². The molecular formula is C53H35N3S. The van der Waals surface area contributed by atoms with Crippen molar-refractivity contribution in [3.05, 3.63) is 188 Å². The predicted molar refractivity (Wildman–Crippen MR) is 245 cm³/mol.